The maximum absolute atomic E-state index is 13.6. The molecule has 0 atom stereocenters. The van der Waals surface area contributed by atoms with E-state index < -0.39 is 29.2 Å². The summed E-state index contributed by atoms with van der Waals surface area (Å²) in [5.41, 5.74) is 1.02. The summed E-state index contributed by atoms with van der Waals surface area (Å²) < 4.78 is 15.0. The van der Waals surface area contributed by atoms with E-state index in [-0.39, 0.29) is 28.1 Å². The highest BCUT2D eigenvalue weighted by molar-refractivity contribution is 6.35. The number of benzene rings is 2. The number of carbonyl (C=O) groups excluding carboxylic acids is 4. The summed E-state index contributed by atoms with van der Waals surface area (Å²) in [7, 11) is 3.53. The molecule has 2 heterocycles. The fourth-order valence-corrected chi connectivity index (χ4v) is 4.43. The first kappa shape index (κ1) is 23.0. The number of rotatable bonds is 4. The average Bonchev–Trinajstić information content (AvgIpc) is 3.14. The largest absolute Gasteiger partial charge is 0.468 e. The molecule has 0 aliphatic carbocycles. The molecule has 2 aliphatic rings. The molecule has 0 fully saturated rings. The first-order valence-electron chi connectivity index (χ1n) is 10.5. The maximum Gasteiger partial charge on any atom is 0.344 e. The van der Waals surface area contributed by atoms with Gasteiger partial charge in [0.15, 0.2) is 0 Å². The highest BCUT2D eigenvalue weighted by atomic mass is 16.5. The van der Waals surface area contributed by atoms with Crippen LogP contribution in [0.2, 0.25) is 0 Å². The quantitative estimate of drug-likeness (QED) is 0.299. The van der Waals surface area contributed by atoms with Gasteiger partial charge >= 0.3 is 17.9 Å². The van der Waals surface area contributed by atoms with Crippen molar-refractivity contribution in [1.29, 1.82) is 0 Å². The zero-order chi connectivity index (χ0) is 24.8. The lowest BCUT2D eigenvalue weighted by Crippen LogP contribution is -2.48. The molecule has 0 bridgehead atoms. The van der Waals surface area contributed by atoms with Crippen molar-refractivity contribution in [2.24, 2.45) is 0 Å². The first-order chi connectivity index (χ1) is 16.2. The van der Waals surface area contributed by atoms with E-state index in [1.54, 1.807) is 37.3 Å². The molecule has 8 heteroatoms. The minimum Gasteiger partial charge on any atom is -0.468 e. The number of aryl methyl sites for hydroxylation is 2. The Balaban J connectivity index is 2.14. The van der Waals surface area contributed by atoms with E-state index in [9.17, 15) is 19.2 Å². The molecule has 1 amide bonds. The molecule has 0 aromatic heterocycles. The molecular weight excluding hydrogens is 438 g/mol. The van der Waals surface area contributed by atoms with E-state index >= 15 is 0 Å². The average molecular weight is 461 g/mol. The van der Waals surface area contributed by atoms with E-state index in [2.05, 4.69) is 0 Å². The van der Waals surface area contributed by atoms with Gasteiger partial charge in [0.05, 0.1) is 32.7 Å². The molecular formula is C26H23NO7. The van der Waals surface area contributed by atoms with Crippen LogP contribution in [0.1, 0.15) is 22.3 Å². The molecule has 2 aromatic rings. The lowest BCUT2D eigenvalue weighted by Gasteiger charge is -2.36. The highest BCUT2D eigenvalue weighted by Crippen LogP contribution is 2.50. The predicted molar refractivity (Wildman–Crippen MR) is 123 cm³/mol. The van der Waals surface area contributed by atoms with Crippen LogP contribution in [0.15, 0.2) is 59.8 Å². The molecule has 0 saturated heterocycles. The fraction of sp³-hybridized carbons (Fsp3) is 0.231. The number of allylic oxidation sites excluding steroid dienone is 1. The Morgan fingerprint density at radius 1 is 0.824 bits per heavy atom. The standard InChI is InChI=1S/C26H23NO7/c1-14-6-9-16(10-7-14)20-19-13-26(24(30)33-4,25(31)34-5)17-12-15(2)8-11-18(17)27(19)22(28)21(20)23(29)32-3/h6-13H,1-5H3. The Labute approximate surface area is 196 Å². The van der Waals surface area contributed by atoms with Crippen LogP contribution < -0.4 is 4.90 Å². The Morgan fingerprint density at radius 3 is 1.97 bits per heavy atom. The van der Waals surface area contributed by atoms with Gasteiger partial charge < -0.3 is 14.2 Å². The summed E-state index contributed by atoms with van der Waals surface area (Å²) in [6, 6.07) is 12.2. The van der Waals surface area contributed by atoms with Crippen LogP contribution in [0.3, 0.4) is 0 Å². The molecule has 2 aliphatic heterocycles. The first-order valence-corrected chi connectivity index (χ1v) is 10.5. The second-order valence-corrected chi connectivity index (χ2v) is 8.09. The summed E-state index contributed by atoms with van der Waals surface area (Å²) in [6.45, 7) is 3.70. The summed E-state index contributed by atoms with van der Waals surface area (Å²) in [5.74, 6) is -3.20. The van der Waals surface area contributed by atoms with Crippen molar-refractivity contribution in [2.45, 2.75) is 19.3 Å². The number of carbonyl (C=O) groups is 4. The minimum absolute atomic E-state index is 0.196. The summed E-state index contributed by atoms with van der Waals surface area (Å²) >= 11 is 0. The Kier molecular flexibility index (Phi) is 5.61. The van der Waals surface area contributed by atoms with Gasteiger partial charge in [-0.2, -0.15) is 0 Å². The molecule has 174 valence electrons. The number of esters is 3. The fourth-order valence-electron chi connectivity index (χ4n) is 4.43. The third-order valence-electron chi connectivity index (χ3n) is 6.08. The van der Waals surface area contributed by atoms with Crippen LogP contribution >= 0.6 is 0 Å². The van der Waals surface area contributed by atoms with Crippen LogP contribution in [-0.4, -0.2) is 45.1 Å². The summed E-state index contributed by atoms with van der Waals surface area (Å²) in [4.78, 5) is 54.2. The molecule has 2 aromatic carbocycles. The number of hydrogen-bond acceptors (Lipinski definition) is 7. The van der Waals surface area contributed by atoms with Crippen LogP contribution in [0.4, 0.5) is 5.69 Å². The van der Waals surface area contributed by atoms with Crippen LogP contribution in [0.5, 0.6) is 0 Å². The van der Waals surface area contributed by atoms with Gasteiger partial charge in [-0.1, -0.05) is 47.5 Å². The Bertz CT molecular complexity index is 1280. The Morgan fingerprint density at radius 2 is 1.41 bits per heavy atom. The van der Waals surface area contributed by atoms with Gasteiger partial charge in [0, 0.05) is 11.1 Å². The van der Waals surface area contributed by atoms with Gasteiger partial charge in [-0.3, -0.25) is 19.3 Å². The zero-order valence-electron chi connectivity index (χ0n) is 19.4. The lowest BCUT2D eigenvalue weighted by atomic mass is 9.75. The second kappa shape index (κ2) is 8.30. The highest BCUT2D eigenvalue weighted by Gasteiger charge is 2.56. The molecule has 0 unspecified atom stereocenters. The van der Waals surface area contributed by atoms with Crippen LogP contribution in [-0.2, 0) is 38.8 Å². The third-order valence-corrected chi connectivity index (χ3v) is 6.08. The van der Waals surface area contributed by atoms with E-state index in [0.29, 0.717) is 5.56 Å². The summed E-state index contributed by atoms with van der Waals surface area (Å²) in [6.07, 6.45) is 1.34. The van der Waals surface area contributed by atoms with Crippen molar-refractivity contribution < 1.29 is 33.4 Å². The SMILES string of the molecule is COC(=O)C1=C(c2ccc(C)cc2)C2=CC(C(=O)OC)(C(=O)OC)c3cc(C)ccc3N2C1=O. The molecule has 8 nitrogen and oxygen atoms in total. The van der Waals surface area contributed by atoms with Crippen molar-refractivity contribution in [3.8, 4) is 0 Å². The van der Waals surface area contributed by atoms with Crippen molar-refractivity contribution in [2.75, 3.05) is 26.2 Å². The summed E-state index contributed by atoms with van der Waals surface area (Å²) in [5, 5.41) is 0. The zero-order valence-corrected chi connectivity index (χ0v) is 19.4. The smallest absolute Gasteiger partial charge is 0.344 e. The minimum atomic E-state index is -1.99. The second-order valence-electron chi connectivity index (χ2n) is 8.09. The van der Waals surface area contributed by atoms with Crippen molar-refractivity contribution >= 4 is 35.1 Å². The topological polar surface area (TPSA) is 99.2 Å². The van der Waals surface area contributed by atoms with E-state index in [0.717, 1.165) is 11.1 Å². The molecule has 34 heavy (non-hydrogen) atoms. The third kappa shape index (κ3) is 3.14. The number of hydrogen-bond donors (Lipinski definition) is 0. The number of amides is 1. The molecule has 0 radical (unpaired) electrons. The predicted octanol–water partition coefficient (Wildman–Crippen LogP) is 2.76. The van der Waals surface area contributed by atoms with Gasteiger partial charge in [-0.05, 0) is 31.6 Å². The van der Waals surface area contributed by atoms with Crippen molar-refractivity contribution in [1.82, 2.24) is 0 Å². The van der Waals surface area contributed by atoms with Crippen molar-refractivity contribution in [3.63, 3.8) is 0 Å². The van der Waals surface area contributed by atoms with E-state index in [4.69, 9.17) is 14.2 Å². The van der Waals surface area contributed by atoms with E-state index in [1.165, 1.54) is 32.3 Å². The maximum atomic E-state index is 13.6. The van der Waals surface area contributed by atoms with Gasteiger partial charge in [-0.25, -0.2) is 4.79 Å². The number of ether oxygens (including phenoxy) is 3. The number of nitrogens with zero attached hydrogens (tertiary/aromatic N) is 1. The monoisotopic (exact) mass is 461 g/mol. The number of methoxy groups -OCH3 is 3. The van der Waals surface area contributed by atoms with Gasteiger partial charge in [0.1, 0.15) is 5.57 Å². The van der Waals surface area contributed by atoms with Crippen LogP contribution in [0, 0.1) is 13.8 Å². The van der Waals surface area contributed by atoms with Gasteiger partial charge in [0.25, 0.3) is 5.91 Å². The van der Waals surface area contributed by atoms with Gasteiger partial charge in [-0.15, -0.1) is 0 Å². The van der Waals surface area contributed by atoms with Gasteiger partial charge in [0.2, 0.25) is 5.41 Å². The molecule has 0 N–H and O–H groups in total. The number of fused-ring (bicyclic) bond motifs is 3. The van der Waals surface area contributed by atoms with E-state index in [1.807, 2.05) is 19.1 Å². The lowest BCUT2D eigenvalue weighted by molar-refractivity contribution is -0.159. The molecule has 0 saturated carbocycles. The van der Waals surface area contributed by atoms with Crippen molar-refractivity contribution in [3.05, 3.63) is 82.1 Å². The molecule has 4 rings (SSSR count). The number of anilines is 1. The van der Waals surface area contributed by atoms with Crippen LogP contribution in [0.25, 0.3) is 5.57 Å². The molecule has 0 spiro atoms. The normalized spacial score (nSPS) is 15.9. The Hall–Kier alpha value is -4.20.